The second kappa shape index (κ2) is 11.0. The van der Waals surface area contributed by atoms with Gasteiger partial charge in [0.15, 0.2) is 11.4 Å². The number of hydrogen-bond acceptors (Lipinski definition) is 8. The molecule has 1 aliphatic carbocycles. The zero-order chi connectivity index (χ0) is 26.7. The van der Waals surface area contributed by atoms with Gasteiger partial charge in [0.25, 0.3) is 0 Å². The average Bonchev–Trinajstić information content (AvgIpc) is 3.38. The summed E-state index contributed by atoms with van der Waals surface area (Å²) in [6, 6.07) is 14.0. The van der Waals surface area contributed by atoms with E-state index in [2.05, 4.69) is 10.1 Å². The van der Waals surface area contributed by atoms with E-state index in [4.69, 9.17) is 20.2 Å². The number of carbonyl (C=O) groups excluding carboxylic acids is 1. The van der Waals surface area contributed by atoms with Gasteiger partial charge in [-0.1, -0.05) is 36.4 Å². The molecule has 0 amide bonds. The van der Waals surface area contributed by atoms with Gasteiger partial charge < -0.3 is 20.3 Å². The predicted molar refractivity (Wildman–Crippen MR) is 145 cm³/mol. The first-order valence-corrected chi connectivity index (χ1v) is 12.9. The SMILES string of the molecule is COCCOC1(CO)CCC(c2nc3c(-c4ccc(-c5ccccc5)nc4)cnn3c(N)c2C(C)=O)CC1. The van der Waals surface area contributed by atoms with Crippen LogP contribution in [0.3, 0.4) is 0 Å². The van der Waals surface area contributed by atoms with Gasteiger partial charge in [0.2, 0.25) is 0 Å². The molecular formula is C29H33N5O4. The van der Waals surface area contributed by atoms with Gasteiger partial charge in [-0.2, -0.15) is 9.61 Å². The van der Waals surface area contributed by atoms with Crippen molar-refractivity contribution in [3.8, 4) is 22.4 Å². The third-order valence-corrected chi connectivity index (χ3v) is 7.47. The summed E-state index contributed by atoms with van der Waals surface area (Å²) in [6.07, 6.45) is 6.26. The fourth-order valence-corrected chi connectivity index (χ4v) is 5.33. The maximum atomic E-state index is 12.7. The maximum absolute atomic E-state index is 12.7. The highest BCUT2D eigenvalue weighted by Crippen LogP contribution is 2.42. The van der Waals surface area contributed by atoms with Crippen molar-refractivity contribution >= 4 is 17.2 Å². The quantitative estimate of drug-likeness (QED) is 0.250. The van der Waals surface area contributed by atoms with E-state index in [-0.39, 0.29) is 24.1 Å². The van der Waals surface area contributed by atoms with E-state index in [1.807, 2.05) is 48.7 Å². The first kappa shape index (κ1) is 26.0. The Kier molecular flexibility index (Phi) is 7.51. The van der Waals surface area contributed by atoms with Gasteiger partial charge in [-0.15, -0.1) is 0 Å². The molecule has 0 radical (unpaired) electrons. The van der Waals surface area contributed by atoms with Crippen LogP contribution in [0, 0.1) is 0 Å². The molecule has 0 aliphatic heterocycles. The number of carbonyl (C=O) groups is 1. The molecule has 4 aromatic rings. The molecule has 0 bridgehead atoms. The largest absolute Gasteiger partial charge is 0.393 e. The Hall–Kier alpha value is -3.66. The molecule has 1 fully saturated rings. The molecule has 0 saturated heterocycles. The highest BCUT2D eigenvalue weighted by Gasteiger charge is 2.38. The highest BCUT2D eigenvalue weighted by molar-refractivity contribution is 6.00. The summed E-state index contributed by atoms with van der Waals surface area (Å²) in [6.45, 7) is 2.35. The fourth-order valence-electron chi connectivity index (χ4n) is 5.33. The van der Waals surface area contributed by atoms with Crippen LogP contribution in [0.2, 0.25) is 0 Å². The van der Waals surface area contributed by atoms with Gasteiger partial charge in [0.05, 0.1) is 48.6 Å². The Morgan fingerprint density at radius 3 is 2.50 bits per heavy atom. The lowest BCUT2D eigenvalue weighted by molar-refractivity contribution is -0.113. The number of nitrogen functional groups attached to an aromatic ring is 1. The zero-order valence-electron chi connectivity index (χ0n) is 21.8. The van der Waals surface area contributed by atoms with Crippen LogP contribution >= 0.6 is 0 Å². The average molecular weight is 516 g/mol. The third kappa shape index (κ3) is 4.92. The number of hydrogen-bond donors (Lipinski definition) is 2. The van der Waals surface area contributed by atoms with Crippen molar-refractivity contribution in [3.63, 3.8) is 0 Å². The molecule has 198 valence electrons. The Labute approximate surface area is 221 Å². The number of rotatable bonds is 9. The second-order valence-corrected chi connectivity index (χ2v) is 9.86. The summed E-state index contributed by atoms with van der Waals surface area (Å²) in [7, 11) is 1.62. The molecule has 9 heteroatoms. The van der Waals surface area contributed by atoms with Crippen molar-refractivity contribution in [1.82, 2.24) is 19.6 Å². The molecule has 3 heterocycles. The zero-order valence-corrected chi connectivity index (χ0v) is 21.8. The molecule has 1 aromatic carbocycles. The molecule has 38 heavy (non-hydrogen) atoms. The number of ketones is 1. The molecule has 0 atom stereocenters. The van der Waals surface area contributed by atoms with Crippen LogP contribution in [0.15, 0.2) is 54.9 Å². The number of fused-ring (bicyclic) bond motifs is 1. The van der Waals surface area contributed by atoms with Crippen LogP contribution < -0.4 is 5.73 Å². The number of aliphatic hydroxyl groups excluding tert-OH is 1. The summed E-state index contributed by atoms with van der Waals surface area (Å²) in [4.78, 5) is 22.4. The van der Waals surface area contributed by atoms with Gasteiger partial charge in [0.1, 0.15) is 5.82 Å². The number of nitrogens with zero attached hydrogens (tertiary/aromatic N) is 4. The summed E-state index contributed by atoms with van der Waals surface area (Å²) in [5, 5.41) is 14.5. The number of aliphatic hydroxyl groups is 1. The fraction of sp³-hybridized carbons (Fsp3) is 0.379. The van der Waals surface area contributed by atoms with E-state index < -0.39 is 5.60 Å². The van der Waals surface area contributed by atoms with Crippen molar-refractivity contribution in [3.05, 3.63) is 66.1 Å². The monoisotopic (exact) mass is 515 g/mol. The minimum Gasteiger partial charge on any atom is -0.393 e. The molecule has 0 spiro atoms. The summed E-state index contributed by atoms with van der Waals surface area (Å²) in [5.41, 5.74) is 11.2. The number of aromatic nitrogens is 4. The number of Topliss-reactive ketones (excluding diaryl/α,β-unsaturated/α-hetero) is 1. The molecule has 1 saturated carbocycles. The standard InChI is InChI=1S/C29H33N5O4/c1-19(36)25-26(21-10-12-29(18-35,13-11-21)38-15-14-37-2)33-28-23(17-32-34(28)27(25)30)22-8-9-24(31-16-22)20-6-4-3-5-7-20/h3-9,16-17,21,35H,10-15,18,30H2,1-2H3. The van der Waals surface area contributed by atoms with E-state index in [9.17, 15) is 9.90 Å². The highest BCUT2D eigenvalue weighted by atomic mass is 16.5. The van der Waals surface area contributed by atoms with Gasteiger partial charge in [-0.3, -0.25) is 9.78 Å². The lowest BCUT2D eigenvalue weighted by atomic mass is 9.76. The number of benzene rings is 1. The van der Waals surface area contributed by atoms with Crippen LogP contribution in [-0.4, -0.2) is 63.0 Å². The molecule has 9 nitrogen and oxygen atoms in total. The first-order valence-electron chi connectivity index (χ1n) is 12.9. The second-order valence-electron chi connectivity index (χ2n) is 9.86. The molecule has 3 N–H and O–H groups in total. The smallest absolute Gasteiger partial charge is 0.165 e. The Morgan fingerprint density at radius 1 is 1.11 bits per heavy atom. The lowest BCUT2D eigenvalue weighted by Gasteiger charge is -2.39. The van der Waals surface area contributed by atoms with Crippen molar-refractivity contribution in [2.75, 3.05) is 32.7 Å². The number of ether oxygens (including phenoxy) is 2. The first-order chi connectivity index (χ1) is 18.5. The Bertz CT molecular complexity index is 1410. The van der Waals surface area contributed by atoms with Crippen molar-refractivity contribution in [2.45, 2.75) is 44.1 Å². The minimum absolute atomic E-state index is 0.00762. The Balaban J connectivity index is 1.48. The van der Waals surface area contributed by atoms with Gasteiger partial charge >= 0.3 is 0 Å². The lowest BCUT2D eigenvalue weighted by Crippen LogP contribution is -2.41. The van der Waals surface area contributed by atoms with Crippen LogP contribution in [0.1, 0.15) is 54.6 Å². The topological polar surface area (TPSA) is 125 Å². The van der Waals surface area contributed by atoms with Crippen LogP contribution in [-0.2, 0) is 9.47 Å². The number of methoxy groups -OCH3 is 1. The van der Waals surface area contributed by atoms with Crippen LogP contribution in [0.25, 0.3) is 28.0 Å². The van der Waals surface area contributed by atoms with Gasteiger partial charge in [-0.05, 0) is 38.7 Å². The molecule has 5 rings (SSSR count). The summed E-state index contributed by atoms with van der Waals surface area (Å²) >= 11 is 0. The molecule has 0 unspecified atom stereocenters. The van der Waals surface area contributed by atoms with Crippen LogP contribution in [0.4, 0.5) is 5.82 Å². The van der Waals surface area contributed by atoms with Crippen LogP contribution in [0.5, 0.6) is 0 Å². The normalized spacial score (nSPS) is 19.6. The van der Waals surface area contributed by atoms with Gasteiger partial charge in [-0.25, -0.2) is 4.98 Å². The number of anilines is 1. The van der Waals surface area contributed by atoms with Crippen molar-refractivity contribution in [2.24, 2.45) is 0 Å². The van der Waals surface area contributed by atoms with E-state index in [1.54, 1.807) is 13.3 Å². The summed E-state index contributed by atoms with van der Waals surface area (Å²) < 4.78 is 12.6. The molecule has 1 aliphatic rings. The number of nitrogens with two attached hydrogens (primary N) is 1. The summed E-state index contributed by atoms with van der Waals surface area (Å²) in [5.74, 6) is 0.148. The predicted octanol–water partition coefficient (Wildman–Crippen LogP) is 4.29. The minimum atomic E-state index is -0.602. The van der Waals surface area contributed by atoms with Crippen molar-refractivity contribution in [1.29, 1.82) is 0 Å². The Morgan fingerprint density at radius 2 is 1.87 bits per heavy atom. The van der Waals surface area contributed by atoms with E-state index in [0.717, 1.165) is 22.4 Å². The van der Waals surface area contributed by atoms with E-state index in [0.29, 0.717) is 55.8 Å². The number of pyridine rings is 1. The molecular weight excluding hydrogens is 482 g/mol. The van der Waals surface area contributed by atoms with Gasteiger partial charge in [0, 0.05) is 35.9 Å². The van der Waals surface area contributed by atoms with E-state index >= 15 is 0 Å². The third-order valence-electron chi connectivity index (χ3n) is 7.47. The molecule has 3 aromatic heterocycles. The maximum Gasteiger partial charge on any atom is 0.165 e. The van der Waals surface area contributed by atoms with E-state index in [1.165, 1.54) is 11.4 Å². The van der Waals surface area contributed by atoms with Crippen molar-refractivity contribution < 1.29 is 19.4 Å².